The van der Waals surface area contributed by atoms with Gasteiger partial charge in [0.25, 0.3) is 0 Å². The topological polar surface area (TPSA) is 73.9 Å². The number of hydrogen-bond acceptors (Lipinski definition) is 5. The van der Waals surface area contributed by atoms with Gasteiger partial charge < -0.3 is 14.2 Å². The Morgan fingerprint density at radius 3 is 1.57 bits per heavy atom. The first-order valence-corrected chi connectivity index (χ1v) is 9.54. The van der Waals surface area contributed by atoms with Crippen molar-refractivity contribution in [2.24, 2.45) is 0 Å². The van der Waals surface area contributed by atoms with Crippen LogP contribution in [-0.2, 0) is 38.8 Å². The summed E-state index contributed by atoms with van der Waals surface area (Å²) in [6.07, 6.45) is -2.06. The molecule has 0 saturated heterocycles. The van der Waals surface area contributed by atoms with E-state index in [0.29, 0.717) is 0 Å². The third-order valence-electron chi connectivity index (χ3n) is 4.16. The fourth-order valence-corrected chi connectivity index (χ4v) is 2.60. The van der Waals surface area contributed by atoms with Crippen LogP contribution in [0.3, 0.4) is 0 Å². The molecule has 0 spiro atoms. The van der Waals surface area contributed by atoms with Crippen LogP contribution >= 0.6 is 0 Å². The fourth-order valence-electron chi connectivity index (χ4n) is 2.60. The van der Waals surface area contributed by atoms with Gasteiger partial charge in [-0.15, -0.1) is 0 Å². The molecule has 1 N–H and O–H groups in total. The predicted molar refractivity (Wildman–Crippen MR) is 111 cm³/mol. The molecule has 0 bridgehead atoms. The molecule has 1 unspecified atom stereocenters. The zero-order valence-corrected chi connectivity index (χ0v) is 16.4. The SMILES string of the molecule is O=C(NC(OCc1ccccc1)C(=O)OCc1ccccc1)OCc1ccccc1. The Labute approximate surface area is 175 Å². The largest absolute Gasteiger partial charge is 0.457 e. The number of carbonyl (C=O) groups is 2. The molecule has 30 heavy (non-hydrogen) atoms. The number of alkyl carbamates (subject to hydrolysis) is 1. The van der Waals surface area contributed by atoms with E-state index in [1.165, 1.54) is 0 Å². The minimum Gasteiger partial charge on any atom is -0.457 e. The summed E-state index contributed by atoms with van der Waals surface area (Å²) in [6.45, 7) is 0.285. The molecule has 0 aliphatic rings. The Kier molecular flexibility index (Phi) is 8.00. The van der Waals surface area contributed by atoms with Crippen LogP contribution in [0.4, 0.5) is 4.79 Å². The predicted octanol–water partition coefficient (Wildman–Crippen LogP) is 4.20. The van der Waals surface area contributed by atoms with Crippen LogP contribution < -0.4 is 5.32 Å². The molecule has 0 fully saturated rings. The minimum atomic E-state index is -1.29. The van der Waals surface area contributed by atoms with Crippen LogP contribution in [-0.4, -0.2) is 18.3 Å². The molecule has 3 rings (SSSR count). The molecule has 3 aromatic carbocycles. The van der Waals surface area contributed by atoms with E-state index in [1.54, 1.807) is 0 Å². The first-order valence-electron chi connectivity index (χ1n) is 9.54. The molecule has 0 saturated carbocycles. The van der Waals surface area contributed by atoms with Crippen LogP contribution in [0.15, 0.2) is 91.0 Å². The molecule has 1 atom stereocenters. The van der Waals surface area contributed by atoms with Gasteiger partial charge in [-0.3, -0.25) is 5.32 Å². The van der Waals surface area contributed by atoms with E-state index in [-0.39, 0.29) is 19.8 Å². The molecule has 1 amide bonds. The van der Waals surface area contributed by atoms with Gasteiger partial charge in [-0.1, -0.05) is 91.0 Å². The van der Waals surface area contributed by atoms with Crippen LogP contribution in [0.5, 0.6) is 0 Å². The number of ether oxygens (including phenoxy) is 3. The maximum Gasteiger partial charge on any atom is 0.409 e. The van der Waals surface area contributed by atoms with Gasteiger partial charge in [0.1, 0.15) is 13.2 Å². The Morgan fingerprint density at radius 1 is 0.633 bits per heavy atom. The van der Waals surface area contributed by atoms with E-state index in [2.05, 4.69) is 5.32 Å². The quantitative estimate of drug-likeness (QED) is 0.427. The van der Waals surface area contributed by atoms with Crippen molar-refractivity contribution >= 4 is 12.1 Å². The number of amides is 1. The van der Waals surface area contributed by atoms with Gasteiger partial charge in [-0.25, -0.2) is 9.59 Å². The Hall–Kier alpha value is -3.64. The van der Waals surface area contributed by atoms with Crippen molar-refractivity contribution < 1.29 is 23.8 Å². The van der Waals surface area contributed by atoms with Crippen LogP contribution in [0.1, 0.15) is 16.7 Å². The number of rotatable bonds is 9. The summed E-state index contributed by atoms with van der Waals surface area (Å²) in [7, 11) is 0. The molecule has 0 aromatic heterocycles. The van der Waals surface area contributed by atoms with E-state index in [0.717, 1.165) is 16.7 Å². The number of benzene rings is 3. The molecule has 0 aliphatic heterocycles. The lowest BCUT2D eigenvalue weighted by molar-refractivity contribution is -0.161. The number of esters is 1. The lowest BCUT2D eigenvalue weighted by Gasteiger charge is -2.18. The molecule has 3 aromatic rings. The van der Waals surface area contributed by atoms with Gasteiger partial charge in [0.05, 0.1) is 6.61 Å². The molecule has 154 valence electrons. The summed E-state index contributed by atoms with van der Waals surface area (Å²) in [6, 6.07) is 27.9. The Bertz CT molecular complexity index is 916. The summed E-state index contributed by atoms with van der Waals surface area (Å²) in [5, 5.41) is 2.44. The zero-order valence-electron chi connectivity index (χ0n) is 16.4. The monoisotopic (exact) mass is 405 g/mol. The molecular weight excluding hydrogens is 382 g/mol. The van der Waals surface area contributed by atoms with Gasteiger partial charge in [0, 0.05) is 0 Å². The highest BCUT2D eigenvalue weighted by atomic mass is 16.6. The highest BCUT2D eigenvalue weighted by Crippen LogP contribution is 2.07. The van der Waals surface area contributed by atoms with Crippen molar-refractivity contribution in [1.82, 2.24) is 5.32 Å². The van der Waals surface area contributed by atoms with Crippen LogP contribution in [0.2, 0.25) is 0 Å². The summed E-state index contributed by atoms with van der Waals surface area (Å²) >= 11 is 0. The van der Waals surface area contributed by atoms with Crippen molar-refractivity contribution in [3.05, 3.63) is 108 Å². The zero-order chi connectivity index (χ0) is 21.0. The summed E-state index contributed by atoms with van der Waals surface area (Å²) in [5.74, 6) is -0.702. The van der Waals surface area contributed by atoms with E-state index in [4.69, 9.17) is 14.2 Å². The number of nitrogens with one attached hydrogen (secondary N) is 1. The van der Waals surface area contributed by atoms with Gasteiger partial charge in [0.15, 0.2) is 0 Å². The van der Waals surface area contributed by atoms with E-state index >= 15 is 0 Å². The van der Waals surface area contributed by atoms with Crippen molar-refractivity contribution in [1.29, 1.82) is 0 Å². The van der Waals surface area contributed by atoms with Crippen molar-refractivity contribution in [3.8, 4) is 0 Å². The standard InChI is InChI=1S/C24H23NO5/c26-23(29-17-20-12-6-2-7-13-20)22(28-16-19-10-4-1-5-11-19)25-24(27)30-18-21-14-8-3-9-15-21/h1-15,22H,16-18H2,(H,25,27). The Balaban J connectivity index is 1.57. The average molecular weight is 405 g/mol. The van der Waals surface area contributed by atoms with Gasteiger partial charge in [-0.2, -0.15) is 0 Å². The smallest absolute Gasteiger partial charge is 0.409 e. The van der Waals surface area contributed by atoms with E-state index < -0.39 is 18.3 Å². The maximum absolute atomic E-state index is 12.5. The third-order valence-corrected chi connectivity index (χ3v) is 4.16. The highest BCUT2D eigenvalue weighted by molar-refractivity contribution is 5.80. The molecule has 0 aliphatic carbocycles. The van der Waals surface area contributed by atoms with Crippen molar-refractivity contribution in [2.45, 2.75) is 26.0 Å². The first kappa shape index (κ1) is 21.1. The summed E-state index contributed by atoms with van der Waals surface area (Å²) in [4.78, 5) is 24.7. The highest BCUT2D eigenvalue weighted by Gasteiger charge is 2.24. The second-order valence-electron chi connectivity index (χ2n) is 6.48. The Morgan fingerprint density at radius 2 is 1.07 bits per heavy atom. The van der Waals surface area contributed by atoms with Gasteiger partial charge in [0.2, 0.25) is 6.23 Å². The fraction of sp³-hybridized carbons (Fsp3) is 0.167. The lowest BCUT2D eigenvalue weighted by atomic mass is 10.2. The summed E-state index contributed by atoms with van der Waals surface area (Å²) < 4.78 is 16.1. The minimum absolute atomic E-state index is 0.0750. The van der Waals surface area contributed by atoms with Gasteiger partial charge >= 0.3 is 12.1 Å². The summed E-state index contributed by atoms with van der Waals surface area (Å²) in [5.41, 5.74) is 2.53. The van der Waals surface area contributed by atoms with Crippen molar-refractivity contribution in [2.75, 3.05) is 0 Å². The van der Waals surface area contributed by atoms with Crippen molar-refractivity contribution in [3.63, 3.8) is 0 Å². The van der Waals surface area contributed by atoms with Crippen LogP contribution in [0, 0.1) is 0 Å². The normalized spacial score (nSPS) is 11.3. The molecule has 0 radical (unpaired) electrons. The number of hydrogen-bond donors (Lipinski definition) is 1. The second kappa shape index (κ2) is 11.4. The average Bonchev–Trinajstić information content (AvgIpc) is 2.81. The van der Waals surface area contributed by atoms with E-state index in [9.17, 15) is 9.59 Å². The molecular formula is C24H23NO5. The lowest BCUT2D eigenvalue weighted by Crippen LogP contribution is -2.43. The van der Waals surface area contributed by atoms with Gasteiger partial charge in [-0.05, 0) is 16.7 Å². The maximum atomic E-state index is 12.5. The number of carbonyl (C=O) groups excluding carboxylic acids is 2. The first-order chi connectivity index (χ1) is 14.7. The third kappa shape index (κ3) is 7.07. The van der Waals surface area contributed by atoms with E-state index in [1.807, 2.05) is 91.0 Å². The second-order valence-corrected chi connectivity index (χ2v) is 6.48. The van der Waals surface area contributed by atoms with Crippen LogP contribution in [0.25, 0.3) is 0 Å². The molecule has 0 heterocycles. The molecule has 6 nitrogen and oxygen atoms in total. The molecule has 6 heteroatoms.